The number of amides is 2. The first-order chi connectivity index (χ1) is 18.7. The first-order valence-electron chi connectivity index (χ1n) is 12.7. The van der Waals surface area contributed by atoms with Gasteiger partial charge in [-0.3, -0.25) is 13.9 Å². The van der Waals surface area contributed by atoms with Crippen molar-refractivity contribution < 1.29 is 27.1 Å². The Morgan fingerprint density at radius 2 is 1.59 bits per heavy atom. The van der Waals surface area contributed by atoms with Gasteiger partial charge in [-0.15, -0.1) is 0 Å². The van der Waals surface area contributed by atoms with Crippen LogP contribution < -0.4 is 14.4 Å². The van der Waals surface area contributed by atoms with Crippen LogP contribution >= 0.6 is 0 Å². The number of methoxy groups -OCH3 is 1. The molecule has 10 heteroatoms. The fraction of sp³-hybridized carbons (Fsp3) is 0.310. The molecule has 0 aliphatic heterocycles. The molecule has 0 aromatic heterocycles. The molecular weight excluding hydrogens is 521 g/mol. The van der Waals surface area contributed by atoms with Crippen LogP contribution in [0.3, 0.4) is 0 Å². The lowest BCUT2D eigenvalue weighted by atomic mass is 10.1. The van der Waals surface area contributed by atoms with Crippen molar-refractivity contribution in [2.24, 2.45) is 0 Å². The minimum atomic E-state index is -4.25. The van der Waals surface area contributed by atoms with Crippen LogP contribution in [-0.4, -0.2) is 51.4 Å². The number of ether oxygens (including phenoxy) is 1. The number of hydrogen-bond acceptors (Lipinski definition) is 5. The summed E-state index contributed by atoms with van der Waals surface area (Å²) in [5.74, 6) is -0.802. The molecule has 1 N–H and O–H groups in total. The van der Waals surface area contributed by atoms with Gasteiger partial charge in [-0.25, -0.2) is 12.8 Å². The molecule has 1 atom stereocenters. The van der Waals surface area contributed by atoms with Gasteiger partial charge >= 0.3 is 0 Å². The normalized spacial score (nSPS) is 11.9. The fourth-order valence-corrected chi connectivity index (χ4v) is 5.48. The number of anilines is 1. The van der Waals surface area contributed by atoms with Crippen LogP contribution in [0.4, 0.5) is 10.1 Å². The van der Waals surface area contributed by atoms with Crippen LogP contribution in [0.25, 0.3) is 0 Å². The van der Waals surface area contributed by atoms with Crippen molar-refractivity contribution >= 4 is 27.5 Å². The number of hydrogen-bond donors (Lipinski definition) is 1. The number of halogens is 1. The van der Waals surface area contributed by atoms with Crippen LogP contribution in [0.15, 0.2) is 83.8 Å². The van der Waals surface area contributed by atoms with Crippen LogP contribution in [0.5, 0.6) is 5.75 Å². The van der Waals surface area contributed by atoms with Gasteiger partial charge in [-0.05, 0) is 66.9 Å². The van der Waals surface area contributed by atoms with E-state index in [4.69, 9.17) is 4.74 Å². The van der Waals surface area contributed by atoms with Crippen molar-refractivity contribution in [1.29, 1.82) is 0 Å². The zero-order chi connectivity index (χ0) is 28.4. The highest BCUT2D eigenvalue weighted by molar-refractivity contribution is 7.92. The maximum atomic E-state index is 13.9. The second-order valence-electron chi connectivity index (χ2n) is 8.89. The van der Waals surface area contributed by atoms with E-state index in [0.29, 0.717) is 18.7 Å². The van der Waals surface area contributed by atoms with E-state index in [1.807, 2.05) is 6.92 Å². The monoisotopic (exact) mass is 555 g/mol. The summed E-state index contributed by atoms with van der Waals surface area (Å²) in [5.41, 5.74) is 1.02. The predicted molar refractivity (Wildman–Crippen MR) is 148 cm³/mol. The maximum absolute atomic E-state index is 13.9. The summed E-state index contributed by atoms with van der Waals surface area (Å²) in [6.45, 7) is 3.71. The van der Waals surface area contributed by atoms with Gasteiger partial charge in [-0.1, -0.05) is 44.2 Å². The lowest BCUT2D eigenvalue weighted by Crippen LogP contribution is -2.52. The average Bonchev–Trinajstić information content (AvgIpc) is 2.95. The summed E-state index contributed by atoms with van der Waals surface area (Å²) >= 11 is 0. The van der Waals surface area contributed by atoms with Gasteiger partial charge in [0, 0.05) is 13.1 Å². The Balaban J connectivity index is 2.01. The zero-order valence-electron chi connectivity index (χ0n) is 22.3. The molecule has 2 amide bonds. The van der Waals surface area contributed by atoms with Crippen molar-refractivity contribution in [2.75, 3.05) is 24.5 Å². The summed E-state index contributed by atoms with van der Waals surface area (Å²) in [5, 5.41) is 2.85. The van der Waals surface area contributed by atoms with Crippen LogP contribution in [0.2, 0.25) is 0 Å². The van der Waals surface area contributed by atoms with Gasteiger partial charge in [0.25, 0.3) is 10.0 Å². The quantitative estimate of drug-likeness (QED) is 0.338. The van der Waals surface area contributed by atoms with E-state index >= 15 is 0 Å². The highest BCUT2D eigenvalue weighted by atomic mass is 32.2. The molecule has 0 heterocycles. The third-order valence-electron chi connectivity index (χ3n) is 6.17. The highest BCUT2D eigenvalue weighted by Gasteiger charge is 2.33. The summed E-state index contributed by atoms with van der Waals surface area (Å²) in [4.78, 5) is 28.3. The van der Waals surface area contributed by atoms with E-state index in [0.717, 1.165) is 40.6 Å². The zero-order valence-corrected chi connectivity index (χ0v) is 23.2. The Bertz CT molecular complexity index is 1330. The van der Waals surface area contributed by atoms with E-state index in [9.17, 15) is 22.4 Å². The number of para-hydroxylation sites is 1. The molecule has 0 saturated heterocycles. The molecule has 0 fully saturated rings. The number of sulfonamides is 1. The standard InChI is InChI=1S/C29H34FN3O5S/c1-4-19-31-29(35)27(5-2)32(20-22-11-15-25(38-3)16-12-22)28(34)21-33(24-9-7-6-8-10-24)39(36,37)26-17-13-23(30)14-18-26/h6-18,27H,4-5,19-21H2,1-3H3,(H,31,35). The van der Waals surface area contributed by atoms with Crippen LogP contribution in [0.1, 0.15) is 32.3 Å². The molecule has 0 spiro atoms. The molecule has 0 aliphatic carbocycles. The van der Waals surface area contributed by atoms with Gasteiger partial charge in [0.1, 0.15) is 24.2 Å². The number of nitrogens with one attached hydrogen (secondary N) is 1. The molecular formula is C29H34FN3O5S. The lowest BCUT2D eigenvalue weighted by molar-refractivity contribution is -0.140. The van der Waals surface area contributed by atoms with Crippen molar-refractivity contribution in [3.8, 4) is 5.75 Å². The smallest absolute Gasteiger partial charge is 0.264 e. The molecule has 0 saturated carbocycles. The second-order valence-corrected chi connectivity index (χ2v) is 10.7. The minimum Gasteiger partial charge on any atom is -0.497 e. The molecule has 3 aromatic carbocycles. The Kier molecular flexibility index (Phi) is 10.4. The van der Waals surface area contributed by atoms with E-state index < -0.39 is 34.3 Å². The molecule has 0 bridgehead atoms. The van der Waals surface area contributed by atoms with Crippen molar-refractivity contribution in [3.05, 3.63) is 90.2 Å². The van der Waals surface area contributed by atoms with E-state index in [1.54, 1.807) is 68.6 Å². The van der Waals surface area contributed by atoms with E-state index in [1.165, 1.54) is 4.90 Å². The molecule has 3 aromatic rings. The van der Waals surface area contributed by atoms with Gasteiger partial charge in [-0.2, -0.15) is 0 Å². The van der Waals surface area contributed by atoms with Gasteiger partial charge in [0.15, 0.2) is 0 Å². The largest absolute Gasteiger partial charge is 0.497 e. The summed E-state index contributed by atoms with van der Waals surface area (Å²) in [6.07, 6.45) is 1.06. The molecule has 8 nitrogen and oxygen atoms in total. The van der Waals surface area contributed by atoms with Crippen molar-refractivity contribution in [1.82, 2.24) is 10.2 Å². The number of carbonyl (C=O) groups is 2. The summed E-state index contributed by atoms with van der Waals surface area (Å²) < 4.78 is 47.1. The Morgan fingerprint density at radius 3 is 2.15 bits per heavy atom. The number of benzene rings is 3. The van der Waals surface area contributed by atoms with Crippen molar-refractivity contribution in [2.45, 2.75) is 44.2 Å². The van der Waals surface area contributed by atoms with Gasteiger partial charge < -0.3 is 15.0 Å². The Labute approximate surface area is 229 Å². The number of rotatable bonds is 13. The lowest BCUT2D eigenvalue weighted by Gasteiger charge is -2.33. The highest BCUT2D eigenvalue weighted by Crippen LogP contribution is 2.25. The minimum absolute atomic E-state index is 0.0834. The SMILES string of the molecule is CCCNC(=O)C(CC)N(Cc1ccc(OC)cc1)C(=O)CN(c1ccccc1)S(=O)(=O)c1ccc(F)cc1. The van der Waals surface area contributed by atoms with Crippen LogP contribution in [-0.2, 0) is 26.2 Å². The first-order valence-corrected chi connectivity index (χ1v) is 14.2. The fourth-order valence-electron chi connectivity index (χ4n) is 4.07. The topological polar surface area (TPSA) is 96.0 Å². The molecule has 1 unspecified atom stereocenters. The average molecular weight is 556 g/mol. The molecule has 39 heavy (non-hydrogen) atoms. The van der Waals surface area contributed by atoms with E-state index in [-0.39, 0.29) is 23.0 Å². The van der Waals surface area contributed by atoms with E-state index in [2.05, 4.69) is 5.32 Å². The first kappa shape index (κ1) is 29.6. The van der Waals surface area contributed by atoms with Crippen LogP contribution in [0, 0.1) is 5.82 Å². The van der Waals surface area contributed by atoms with Crippen molar-refractivity contribution in [3.63, 3.8) is 0 Å². The number of carbonyl (C=O) groups excluding carboxylic acids is 2. The third-order valence-corrected chi connectivity index (χ3v) is 7.96. The molecule has 208 valence electrons. The maximum Gasteiger partial charge on any atom is 0.264 e. The Morgan fingerprint density at radius 1 is 0.949 bits per heavy atom. The molecule has 0 radical (unpaired) electrons. The Hall–Kier alpha value is -3.92. The number of nitrogens with zero attached hydrogens (tertiary/aromatic N) is 2. The predicted octanol–water partition coefficient (Wildman–Crippen LogP) is 4.36. The molecule has 0 aliphatic rings. The van der Waals surface area contributed by atoms with Gasteiger partial charge in [0.2, 0.25) is 11.8 Å². The van der Waals surface area contributed by atoms with Gasteiger partial charge in [0.05, 0.1) is 17.7 Å². The summed E-state index contributed by atoms with van der Waals surface area (Å²) in [7, 11) is -2.69. The summed E-state index contributed by atoms with van der Waals surface area (Å²) in [6, 6.07) is 18.9. The second kappa shape index (κ2) is 13.7. The third kappa shape index (κ3) is 7.57. The molecule has 3 rings (SSSR count).